The van der Waals surface area contributed by atoms with Crippen LogP contribution in [0.4, 0.5) is 0 Å². The summed E-state index contributed by atoms with van der Waals surface area (Å²) in [4.78, 5) is 17.6. The van der Waals surface area contributed by atoms with E-state index in [-0.39, 0.29) is 10.8 Å². The van der Waals surface area contributed by atoms with Gasteiger partial charge >= 0.3 is 0 Å². The molecule has 0 aliphatic rings. The van der Waals surface area contributed by atoms with Crippen molar-refractivity contribution in [1.29, 1.82) is 0 Å². The average Bonchev–Trinajstić information content (AvgIpc) is 2.62. The molecule has 0 aliphatic heterocycles. The number of thioether (sulfide) groups is 1. The number of para-hydroxylation sites is 1. The Labute approximate surface area is 155 Å². The molecule has 0 unspecified atom stereocenters. The van der Waals surface area contributed by atoms with Crippen molar-refractivity contribution in [2.45, 2.75) is 23.9 Å². The van der Waals surface area contributed by atoms with Crippen LogP contribution in [-0.2, 0) is 11.3 Å². The molecule has 0 aliphatic carbocycles. The summed E-state index contributed by atoms with van der Waals surface area (Å²) >= 11 is 7.84. The Kier molecular flexibility index (Phi) is 5.78. The second-order valence-electron chi connectivity index (χ2n) is 5.64. The van der Waals surface area contributed by atoms with Crippen molar-refractivity contribution in [3.63, 3.8) is 0 Å². The highest BCUT2D eigenvalue weighted by molar-refractivity contribution is 7.99. The minimum Gasteiger partial charge on any atom is -0.383 e. The number of rotatable bonds is 6. The van der Waals surface area contributed by atoms with Gasteiger partial charge in [0.15, 0.2) is 5.16 Å². The second-order valence-corrected chi connectivity index (χ2v) is 7.36. The van der Waals surface area contributed by atoms with E-state index in [1.165, 1.54) is 11.8 Å². The van der Waals surface area contributed by atoms with Gasteiger partial charge in [0.2, 0.25) is 0 Å². The normalized spacial score (nSPS) is 12.4. The molecule has 2 aromatic carbocycles. The minimum atomic E-state index is -0.0449. The molecule has 3 rings (SSSR count). The van der Waals surface area contributed by atoms with Gasteiger partial charge in [-0.2, -0.15) is 0 Å². The first-order valence-corrected chi connectivity index (χ1v) is 9.27. The Hall–Kier alpha value is -1.82. The fourth-order valence-electron chi connectivity index (χ4n) is 2.64. The summed E-state index contributed by atoms with van der Waals surface area (Å²) in [6, 6.07) is 15.2. The molecule has 1 aromatic heterocycles. The molecule has 25 heavy (non-hydrogen) atoms. The van der Waals surface area contributed by atoms with E-state index in [2.05, 4.69) is 6.92 Å². The molecular weight excluding hydrogens is 356 g/mol. The van der Waals surface area contributed by atoms with Crippen molar-refractivity contribution < 1.29 is 4.74 Å². The lowest BCUT2D eigenvalue weighted by atomic mass is 10.2. The van der Waals surface area contributed by atoms with Gasteiger partial charge in [0.05, 0.1) is 24.1 Å². The predicted octanol–water partition coefficient (Wildman–Crippen LogP) is 4.55. The molecular formula is C19H19ClN2O2S. The molecule has 0 fully saturated rings. The molecule has 1 atom stereocenters. The highest BCUT2D eigenvalue weighted by Gasteiger charge is 2.17. The molecule has 0 radical (unpaired) electrons. The summed E-state index contributed by atoms with van der Waals surface area (Å²) < 4.78 is 6.84. The summed E-state index contributed by atoms with van der Waals surface area (Å²) in [5.74, 6) is 0. The number of nitrogens with zero attached hydrogens (tertiary/aromatic N) is 2. The maximum absolute atomic E-state index is 12.9. The Morgan fingerprint density at radius 2 is 1.92 bits per heavy atom. The molecule has 130 valence electrons. The summed E-state index contributed by atoms with van der Waals surface area (Å²) in [5.41, 5.74) is 1.68. The fourth-order valence-corrected chi connectivity index (χ4v) is 4.11. The van der Waals surface area contributed by atoms with Gasteiger partial charge in [0.25, 0.3) is 5.56 Å². The van der Waals surface area contributed by atoms with Crippen molar-refractivity contribution in [3.05, 3.63) is 69.5 Å². The molecule has 4 nitrogen and oxygen atoms in total. The van der Waals surface area contributed by atoms with Gasteiger partial charge in [-0.15, -0.1) is 0 Å². The van der Waals surface area contributed by atoms with E-state index in [9.17, 15) is 4.79 Å². The van der Waals surface area contributed by atoms with Gasteiger partial charge < -0.3 is 4.74 Å². The van der Waals surface area contributed by atoms with Crippen LogP contribution >= 0.6 is 23.4 Å². The highest BCUT2D eigenvalue weighted by atomic mass is 35.5. The zero-order chi connectivity index (χ0) is 17.8. The first-order valence-electron chi connectivity index (χ1n) is 8.01. The molecule has 0 N–H and O–H groups in total. The lowest BCUT2D eigenvalue weighted by Gasteiger charge is -2.17. The van der Waals surface area contributed by atoms with Gasteiger partial charge in [-0.1, -0.05) is 53.7 Å². The monoisotopic (exact) mass is 374 g/mol. The molecule has 0 saturated heterocycles. The zero-order valence-corrected chi connectivity index (χ0v) is 15.7. The number of halogens is 1. The summed E-state index contributed by atoms with van der Waals surface area (Å²) in [5, 5.41) is 2.08. The van der Waals surface area contributed by atoms with Gasteiger partial charge in [0.1, 0.15) is 0 Å². The van der Waals surface area contributed by atoms with E-state index in [1.54, 1.807) is 17.7 Å². The van der Waals surface area contributed by atoms with E-state index >= 15 is 0 Å². The van der Waals surface area contributed by atoms with Gasteiger partial charge in [-0.05, 0) is 30.7 Å². The smallest absolute Gasteiger partial charge is 0.262 e. The van der Waals surface area contributed by atoms with E-state index in [4.69, 9.17) is 21.3 Å². The molecule has 1 heterocycles. The van der Waals surface area contributed by atoms with Crippen LogP contribution in [0.25, 0.3) is 10.9 Å². The maximum atomic E-state index is 12.9. The predicted molar refractivity (Wildman–Crippen MR) is 104 cm³/mol. The summed E-state index contributed by atoms with van der Waals surface area (Å²) in [6.45, 7) is 2.98. The SMILES string of the molecule is COCCn1c(S[C@@H](C)c2ccccc2Cl)nc2ccccc2c1=O. The van der Waals surface area contributed by atoms with Crippen LogP contribution in [0.3, 0.4) is 0 Å². The minimum absolute atomic E-state index is 0.0449. The Balaban J connectivity index is 2.04. The van der Waals surface area contributed by atoms with Gasteiger partial charge in [-0.25, -0.2) is 4.98 Å². The largest absolute Gasteiger partial charge is 0.383 e. The number of fused-ring (bicyclic) bond motifs is 1. The second kappa shape index (κ2) is 8.04. The van der Waals surface area contributed by atoms with Crippen molar-refractivity contribution in [1.82, 2.24) is 9.55 Å². The van der Waals surface area contributed by atoms with Crippen LogP contribution in [0.15, 0.2) is 58.5 Å². The Bertz CT molecular complexity index is 942. The quantitative estimate of drug-likeness (QED) is 0.469. The van der Waals surface area contributed by atoms with Gasteiger partial charge in [-0.3, -0.25) is 9.36 Å². The van der Waals surface area contributed by atoms with Crippen molar-refractivity contribution in [2.24, 2.45) is 0 Å². The van der Waals surface area contributed by atoms with Crippen molar-refractivity contribution in [3.8, 4) is 0 Å². The number of aromatic nitrogens is 2. The third kappa shape index (κ3) is 3.89. The number of methoxy groups -OCH3 is 1. The lowest BCUT2D eigenvalue weighted by molar-refractivity contribution is 0.183. The molecule has 3 aromatic rings. The van der Waals surface area contributed by atoms with E-state index in [1.807, 2.05) is 42.5 Å². The van der Waals surface area contributed by atoms with Gasteiger partial charge in [0, 0.05) is 17.4 Å². The van der Waals surface area contributed by atoms with E-state index in [0.717, 1.165) is 5.56 Å². The molecule has 0 amide bonds. The molecule has 0 spiro atoms. The number of hydrogen-bond acceptors (Lipinski definition) is 4. The van der Waals surface area contributed by atoms with Crippen LogP contribution in [0.2, 0.25) is 5.02 Å². The molecule has 0 bridgehead atoms. The van der Waals surface area contributed by atoms with Crippen LogP contribution in [0.5, 0.6) is 0 Å². The lowest BCUT2D eigenvalue weighted by Crippen LogP contribution is -2.25. The summed E-state index contributed by atoms with van der Waals surface area (Å²) in [6.07, 6.45) is 0. The third-order valence-corrected chi connectivity index (χ3v) is 5.45. The van der Waals surface area contributed by atoms with E-state index in [0.29, 0.717) is 34.2 Å². The highest BCUT2D eigenvalue weighted by Crippen LogP contribution is 2.37. The number of ether oxygens (including phenoxy) is 1. The standard InChI is InChI=1S/C19H19ClN2O2S/c1-13(14-7-3-5-9-16(14)20)25-19-21-17-10-6-4-8-15(17)18(23)22(19)11-12-24-2/h3-10,13H,11-12H2,1-2H3/t13-/m0/s1. The fraction of sp³-hybridized carbons (Fsp3) is 0.263. The third-order valence-electron chi connectivity index (χ3n) is 3.97. The van der Waals surface area contributed by atoms with Crippen LogP contribution in [0, 0.1) is 0 Å². The van der Waals surface area contributed by atoms with E-state index < -0.39 is 0 Å². The van der Waals surface area contributed by atoms with Crippen molar-refractivity contribution >= 4 is 34.3 Å². The average molecular weight is 375 g/mol. The summed E-state index contributed by atoms with van der Waals surface area (Å²) in [7, 11) is 1.62. The number of benzene rings is 2. The molecule has 6 heteroatoms. The van der Waals surface area contributed by atoms with Crippen LogP contribution in [0.1, 0.15) is 17.7 Å². The Morgan fingerprint density at radius 3 is 2.68 bits per heavy atom. The first kappa shape index (κ1) is 18.0. The maximum Gasteiger partial charge on any atom is 0.262 e. The van der Waals surface area contributed by atoms with Crippen molar-refractivity contribution in [2.75, 3.05) is 13.7 Å². The van der Waals surface area contributed by atoms with Crippen LogP contribution < -0.4 is 5.56 Å². The topological polar surface area (TPSA) is 44.1 Å². The number of hydrogen-bond donors (Lipinski definition) is 0. The molecule has 0 saturated carbocycles. The first-order chi connectivity index (χ1) is 12.1. The zero-order valence-electron chi connectivity index (χ0n) is 14.1. The van der Waals surface area contributed by atoms with Crippen LogP contribution in [-0.4, -0.2) is 23.3 Å². The Morgan fingerprint density at radius 1 is 1.20 bits per heavy atom.